The molecular weight excluding hydrogens is 210 g/mol. The molecule has 0 bridgehead atoms. The summed E-state index contributed by atoms with van der Waals surface area (Å²) >= 11 is 0. The minimum Gasteiger partial charge on any atom is -0.461 e. The highest BCUT2D eigenvalue weighted by Crippen LogP contribution is 1.96. The van der Waals surface area contributed by atoms with Crippen molar-refractivity contribution in [2.75, 3.05) is 6.61 Å². The highest BCUT2D eigenvalue weighted by molar-refractivity contribution is 5.86. The lowest BCUT2D eigenvalue weighted by molar-refractivity contribution is 0.0515. The molecule has 6 nitrogen and oxygen atoms in total. The molecule has 2 aromatic heterocycles. The predicted molar refractivity (Wildman–Crippen MR) is 55.2 cm³/mol. The van der Waals surface area contributed by atoms with Crippen LogP contribution in [0.4, 0.5) is 0 Å². The Morgan fingerprint density at radius 3 is 3.00 bits per heavy atom. The van der Waals surface area contributed by atoms with Gasteiger partial charge in [-0.1, -0.05) is 6.07 Å². The summed E-state index contributed by atoms with van der Waals surface area (Å²) in [4.78, 5) is 23.2. The highest BCUT2D eigenvalue weighted by atomic mass is 16.5. The van der Waals surface area contributed by atoms with Crippen LogP contribution in [0.2, 0.25) is 0 Å². The second-order valence-electron chi connectivity index (χ2n) is 3.00. The van der Waals surface area contributed by atoms with Gasteiger partial charge in [0, 0.05) is 6.20 Å². The molecule has 16 heavy (non-hydrogen) atoms. The quantitative estimate of drug-likeness (QED) is 0.677. The highest BCUT2D eigenvalue weighted by Gasteiger charge is 2.15. The largest absolute Gasteiger partial charge is 0.461 e. The summed E-state index contributed by atoms with van der Waals surface area (Å²) in [6.45, 7) is 1.85. The van der Waals surface area contributed by atoms with Gasteiger partial charge in [-0.3, -0.25) is 9.20 Å². The molecule has 0 fully saturated rings. The summed E-state index contributed by atoms with van der Waals surface area (Å²) in [6, 6.07) is 5.03. The number of pyridine rings is 1. The van der Waals surface area contributed by atoms with Gasteiger partial charge in [0.1, 0.15) is 0 Å². The molecule has 2 heterocycles. The molecule has 2 rings (SSSR count). The Morgan fingerprint density at radius 1 is 1.44 bits per heavy atom. The number of esters is 1. The normalized spacial score (nSPS) is 10.3. The Kier molecular flexibility index (Phi) is 2.63. The molecule has 0 radical (unpaired) electrons. The van der Waals surface area contributed by atoms with E-state index in [1.54, 1.807) is 25.1 Å². The molecule has 6 heteroatoms. The Labute approximate surface area is 90.5 Å². The maximum atomic E-state index is 11.8. The average molecular weight is 219 g/mol. The molecule has 0 saturated carbocycles. The topological polar surface area (TPSA) is 73.6 Å². The van der Waals surface area contributed by atoms with Crippen LogP contribution >= 0.6 is 0 Å². The van der Waals surface area contributed by atoms with Crippen LogP contribution in [-0.2, 0) is 4.74 Å². The van der Waals surface area contributed by atoms with Crippen LogP contribution in [0.5, 0.6) is 0 Å². The molecule has 0 N–H and O–H groups in total. The van der Waals surface area contributed by atoms with E-state index >= 15 is 0 Å². The maximum Gasteiger partial charge on any atom is 0.364 e. The van der Waals surface area contributed by atoms with Gasteiger partial charge >= 0.3 is 5.97 Å². The van der Waals surface area contributed by atoms with Crippen LogP contribution in [0.1, 0.15) is 17.4 Å². The van der Waals surface area contributed by atoms with E-state index in [2.05, 4.69) is 10.2 Å². The molecule has 82 valence electrons. The van der Waals surface area contributed by atoms with Crippen molar-refractivity contribution in [2.24, 2.45) is 0 Å². The predicted octanol–water partition coefficient (Wildman–Crippen LogP) is 0.266. The number of rotatable bonds is 2. The first-order chi connectivity index (χ1) is 7.74. The van der Waals surface area contributed by atoms with Gasteiger partial charge in [0.2, 0.25) is 5.69 Å². The van der Waals surface area contributed by atoms with Crippen molar-refractivity contribution >= 4 is 11.6 Å². The smallest absolute Gasteiger partial charge is 0.364 e. The van der Waals surface area contributed by atoms with E-state index in [1.807, 2.05) is 0 Å². The van der Waals surface area contributed by atoms with Crippen LogP contribution in [-0.4, -0.2) is 27.2 Å². The van der Waals surface area contributed by atoms with E-state index in [-0.39, 0.29) is 12.3 Å². The number of hydrogen-bond acceptors (Lipinski definition) is 5. The molecule has 2 aromatic rings. The van der Waals surface area contributed by atoms with Crippen molar-refractivity contribution < 1.29 is 9.53 Å². The van der Waals surface area contributed by atoms with Gasteiger partial charge in [-0.05, 0) is 19.1 Å². The number of nitrogens with zero attached hydrogens (tertiary/aromatic N) is 3. The van der Waals surface area contributed by atoms with E-state index in [0.29, 0.717) is 5.65 Å². The zero-order chi connectivity index (χ0) is 11.5. The second kappa shape index (κ2) is 4.09. The fraction of sp³-hybridized carbons (Fsp3) is 0.200. The monoisotopic (exact) mass is 219 g/mol. The van der Waals surface area contributed by atoms with Crippen molar-refractivity contribution in [3.8, 4) is 0 Å². The number of ether oxygens (including phenoxy) is 1. The molecule has 0 amide bonds. The molecule has 0 aliphatic rings. The van der Waals surface area contributed by atoms with Crippen molar-refractivity contribution in [1.82, 2.24) is 14.6 Å². The first-order valence-electron chi connectivity index (χ1n) is 4.75. The number of aromatic nitrogens is 3. The van der Waals surface area contributed by atoms with Crippen LogP contribution in [0.3, 0.4) is 0 Å². The summed E-state index contributed by atoms with van der Waals surface area (Å²) in [5, 5.41) is 7.32. The van der Waals surface area contributed by atoms with E-state index in [1.165, 1.54) is 10.6 Å². The van der Waals surface area contributed by atoms with Crippen molar-refractivity contribution in [3.05, 3.63) is 40.4 Å². The third kappa shape index (κ3) is 1.65. The Balaban J connectivity index is 2.61. The first kappa shape index (κ1) is 10.3. The number of carbonyl (C=O) groups excluding carboxylic acids is 1. The van der Waals surface area contributed by atoms with Gasteiger partial charge in [-0.25, -0.2) is 4.79 Å². The fourth-order valence-electron chi connectivity index (χ4n) is 1.27. The molecular formula is C10H9N3O3. The third-order valence-corrected chi connectivity index (χ3v) is 1.98. The molecule has 0 unspecified atom stereocenters. The van der Waals surface area contributed by atoms with Gasteiger partial charge < -0.3 is 4.74 Å². The summed E-state index contributed by atoms with van der Waals surface area (Å²) in [5.74, 6) is -0.752. The Morgan fingerprint density at radius 2 is 2.25 bits per heavy atom. The van der Waals surface area contributed by atoms with E-state index in [9.17, 15) is 9.59 Å². The van der Waals surface area contributed by atoms with Crippen LogP contribution < -0.4 is 5.56 Å². The SMILES string of the molecule is CCOC(=O)c1nnc2ccccn2c1=O. The van der Waals surface area contributed by atoms with Gasteiger partial charge in [0.15, 0.2) is 5.65 Å². The summed E-state index contributed by atoms with van der Waals surface area (Å²) < 4.78 is 5.95. The molecule has 0 spiro atoms. The van der Waals surface area contributed by atoms with Gasteiger partial charge in [-0.15, -0.1) is 10.2 Å². The van der Waals surface area contributed by atoms with Crippen molar-refractivity contribution in [1.29, 1.82) is 0 Å². The van der Waals surface area contributed by atoms with Gasteiger partial charge in [0.25, 0.3) is 5.56 Å². The molecule has 0 saturated heterocycles. The minimum absolute atomic E-state index is 0.192. The zero-order valence-electron chi connectivity index (χ0n) is 8.58. The van der Waals surface area contributed by atoms with Crippen LogP contribution in [0.15, 0.2) is 29.2 Å². The minimum atomic E-state index is -0.752. The first-order valence-corrected chi connectivity index (χ1v) is 4.75. The number of fused-ring (bicyclic) bond motifs is 1. The molecule has 0 atom stereocenters. The summed E-state index contributed by atoms with van der Waals surface area (Å²) in [7, 11) is 0. The van der Waals surface area contributed by atoms with Crippen molar-refractivity contribution in [3.63, 3.8) is 0 Å². The molecule has 0 aliphatic carbocycles. The lowest BCUT2D eigenvalue weighted by Gasteiger charge is -2.01. The Hall–Kier alpha value is -2.24. The van der Waals surface area contributed by atoms with Crippen molar-refractivity contribution in [2.45, 2.75) is 6.92 Å². The number of hydrogen-bond donors (Lipinski definition) is 0. The van der Waals surface area contributed by atoms with E-state index in [0.717, 1.165) is 0 Å². The average Bonchev–Trinajstić information content (AvgIpc) is 2.30. The third-order valence-electron chi connectivity index (χ3n) is 1.98. The van der Waals surface area contributed by atoms with E-state index < -0.39 is 11.5 Å². The second-order valence-corrected chi connectivity index (χ2v) is 3.00. The van der Waals surface area contributed by atoms with Crippen LogP contribution in [0.25, 0.3) is 5.65 Å². The summed E-state index contributed by atoms with van der Waals surface area (Å²) in [6.07, 6.45) is 1.52. The molecule has 0 aliphatic heterocycles. The van der Waals surface area contributed by atoms with Gasteiger partial charge in [0.05, 0.1) is 6.61 Å². The Bertz CT molecular complexity index is 591. The maximum absolute atomic E-state index is 11.8. The lowest BCUT2D eigenvalue weighted by Crippen LogP contribution is -2.26. The van der Waals surface area contributed by atoms with Crippen LogP contribution in [0, 0.1) is 0 Å². The standard InChI is InChI=1S/C10H9N3O3/c1-2-16-10(15)8-9(14)13-6-4-3-5-7(13)11-12-8/h3-6H,2H2,1H3. The summed E-state index contributed by atoms with van der Waals surface area (Å²) in [5.41, 5.74) is -0.435. The zero-order valence-corrected chi connectivity index (χ0v) is 8.58. The number of carbonyl (C=O) groups is 1. The van der Waals surface area contributed by atoms with E-state index in [4.69, 9.17) is 4.74 Å². The van der Waals surface area contributed by atoms with Gasteiger partial charge in [-0.2, -0.15) is 0 Å². The lowest BCUT2D eigenvalue weighted by atomic mass is 10.4. The fourth-order valence-corrected chi connectivity index (χ4v) is 1.27. The molecule has 0 aromatic carbocycles.